The van der Waals surface area contributed by atoms with Crippen molar-refractivity contribution in [2.75, 3.05) is 19.6 Å². The predicted molar refractivity (Wildman–Crippen MR) is 52.7 cm³/mol. The molecule has 3 N–H and O–H groups in total. The molecular weight excluding hydrogens is 194 g/mol. The van der Waals surface area contributed by atoms with Gasteiger partial charge in [0.15, 0.2) is 0 Å². The van der Waals surface area contributed by atoms with E-state index in [1.807, 2.05) is 0 Å². The van der Waals surface area contributed by atoms with Gasteiger partial charge in [0.05, 0.1) is 5.41 Å². The van der Waals surface area contributed by atoms with E-state index in [9.17, 15) is 9.59 Å². The van der Waals surface area contributed by atoms with E-state index in [2.05, 4.69) is 5.32 Å². The molecule has 0 radical (unpaired) electrons. The Kier molecular flexibility index (Phi) is 1.66. The van der Waals surface area contributed by atoms with Crippen LogP contribution in [0.25, 0.3) is 0 Å². The Labute approximate surface area is 88.0 Å². The standard InChI is InChI=1S/C10H15N3O2/c11-8(14)7-1-2-13(7)9(15)10-3-6(10)4-12-5-10/h6-7,12H,1-5H2,(H2,11,14). The van der Waals surface area contributed by atoms with Gasteiger partial charge in [0.1, 0.15) is 6.04 Å². The van der Waals surface area contributed by atoms with Crippen LogP contribution in [0.2, 0.25) is 0 Å². The average molecular weight is 209 g/mol. The summed E-state index contributed by atoms with van der Waals surface area (Å²) in [6, 6.07) is -0.339. The van der Waals surface area contributed by atoms with E-state index in [1.165, 1.54) is 0 Å². The van der Waals surface area contributed by atoms with E-state index in [-0.39, 0.29) is 23.3 Å². The molecule has 0 aromatic carbocycles. The molecule has 2 aliphatic heterocycles. The highest BCUT2D eigenvalue weighted by molar-refractivity contribution is 5.93. The van der Waals surface area contributed by atoms with Crippen LogP contribution in [0.4, 0.5) is 0 Å². The first-order valence-electron chi connectivity index (χ1n) is 5.46. The maximum atomic E-state index is 12.2. The summed E-state index contributed by atoms with van der Waals surface area (Å²) in [6.07, 6.45) is 1.72. The molecule has 3 fully saturated rings. The van der Waals surface area contributed by atoms with Gasteiger partial charge in [-0.25, -0.2) is 0 Å². The van der Waals surface area contributed by atoms with Gasteiger partial charge in [-0.05, 0) is 25.3 Å². The molecular formula is C10H15N3O2. The molecule has 3 rings (SSSR count). The summed E-state index contributed by atoms with van der Waals surface area (Å²) in [5, 5.41) is 3.23. The first-order valence-corrected chi connectivity index (χ1v) is 5.46. The number of fused-ring (bicyclic) bond motifs is 1. The Balaban J connectivity index is 1.73. The zero-order valence-corrected chi connectivity index (χ0v) is 8.53. The van der Waals surface area contributed by atoms with Crippen LogP contribution < -0.4 is 11.1 Å². The zero-order valence-electron chi connectivity index (χ0n) is 8.53. The molecule has 1 saturated carbocycles. The number of hydrogen-bond donors (Lipinski definition) is 2. The lowest BCUT2D eigenvalue weighted by Crippen LogP contribution is -2.59. The second-order valence-corrected chi connectivity index (χ2v) is 4.89. The summed E-state index contributed by atoms with van der Waals surface area (Å²) in [4.78, 5) is 24.9. The molecule has 0 spiro atoms. The van der Waals surface area contributed by atoms with E-state index in [4.69, 9.17) is 5.73 Å². The topological polar surface area (TPSA) is 75.4 Å². The van der Waals surface area contributed by atoms with Crippen molar-refractivity contribution in [1.29, 1.82) is 0 Å². The Morgan fingerprint density at radius 3 is 2.67 bits per heavy atom. The van der Waals surface area contributed by atoms with Crippen molar-refractivity contribution in [2.24, 2.45) is 17.1 Å². The fraction of sp³-hybridized carbons (Fsp3) is 0.800. The molecule has 15 heavy (non-hydrogen) atoms. The van der Waals surface area contributed by atoms with Crippen molar-refractivity contribution >= 4 is 11.8 Å². The maximum absolute atomic E-state index is 12.2. The Morgan fingerprint density at radius 2 is 2.27 bits per heavy atom. The molecule has 1 aliphatic carbocycles. The molecule has 2 heterocycles. The summed E-state index contributed by atoms with van der Waals surface area (Å²) in [5.41, 5.74) is 5.06. The third-order valence-electron chi connectivity index (χ3n) is 4.10. The van der Waals surface area contributed by atoms with Crippen molar-refractivity contribution in [3.8, 4) is 0 Å². The lowest BCUT2D eigenvalue weighted by Gasteiger charge is -2.40. The molecule has 0 aromatic heterocycles. The van der Waals surface area contributed by atoms with Crippen LogP contribution in [0.5, 0.6) is 0 Å². The number of nitrogens with zero attached hydrogens (tertiary/aromatic N) is 1. The van der Waals surface area contributed by atoms with Gasteiger partial charge in [0.25, 0.3) is 0 Å². The SMILES string of the molecule is NC(=O)C1CCN1C(=O)C12CNCC1C2. The van der Waals surface area contributed by atoms with Gasteiger partial charge in [0.2, 0.25) is 11.8 Å². The minimum Gasteiger partial charge on any atom is -0.368 e. The monoisotopic (exact) mass is 209 g/mol. The van der Waals surface area contributed by atoms with E-state index < -0.39 is 0 Å². The van der Waals surface area contributed by atoms with Crippen LogP contribution in [0.15, 0.2) is 0 Å². The summed E-state index contributed by atoms with van der Waals surface area (Å²) in [6.45, 7) is 2.42. The smallest absolute Gasteiger partial charge is 0.240 e. The molecule has 3 aliphatic rings. The van der Waals surface area contributed by atoms with Gasteiger partial charge < -0.3 is 16.0 Å². The molecule has 3 atom stereocenters. The highest BCUT2D eigenvalue weighted by Gasteiger charge is 2.64. The number of amides is 2. The summed E-state index contributed by atoms with van der Waals surface area (Å²) in [7, 11) is 0. The summed E-state index contributed by atoms with van der Waals surface area (Å²) < 4.78 is 0. The first kappa shape index (κ1) is 9.15. The van der Waals surface area contributed by atoms with Crippen LogP contribution >= 0.6 is 0 Å². The van der Waals surface area contributed by atoms with E-state index >= 15 is 0 Å². The maximum Gasteiger partial charge on any atom is 0.240 e. The van der Waals surface area contributed by atoms with Crippen molar-refractivity contribution in [3.05, 3.63) is 0 Å². The number of primary amides is 1. The van der Waals surface area contributed by atoms with Crippen LogP contribution in [0, 0.1) is 11.3 Å². The van der Waals surface area contributed by atoms with Crippen molar-refractivity contribution in [1.82, 2.24) is 10.2 Å². The number of likely N-dealkylation sites (tertiary alicyclic amines) is 1. The molecule has 3 unspecified atom stereocenters. The van der Waals surface area contributed by atoms with Gasteiger partial charge in [-0.2, -0.15) is 0 Å². The van der Waals surface area contributed by atoms with Crippen molar-refractivity contribution in [2.45, 2.75) is 18.9 Å². The van der Waals surface area contributed by atoms with Crippen molar-refractivity contribution in [3.63, 3.8) is 0 Å². The van der Waals surface area contributed by atoms with Crippen molar-refractivity contribution < 1.29 is 9.59 Å². The third-order valence-corrected chi connectivity index (χ3v) is 4.10. The number of rotatable bonds is 2. The molecule has 2 saturated heterocycles. The lowest BCUT2D eigenvalue weighted by molar-refractivity contribution is -0.150. The predicted octanol–water partition coefficient (Wildman–Crippen LogP) is -1.32. The number of carbonyl (C=O) groups excluding carboxylic acids is 2. The molecule has 0 bridgehead atoms. The third kappa shape index (κ3) is 1.07. The largest absolute Gasteiger partial charge is 0.368 e. The highest BCUT2D eigenvalue weighted by atomic mass is 16.2. The van der Waals surface area contributed by atoms with Gasteiger partial charge in [-0.1, -0.05) is 0 Å². The Bertz CT molecular complexity index is 344. The van der Waals surface area contributed by atoms with E-state index in [1.54, 1.807) is 4.90 Å². The number of piperidine rings is 1. The zero-order chi connectivity index (χ0) is 10.6. The van der Waals surface area contributed by atoms with E-state index in [0.717, 1.165) is 25.9 Å². The van der Waals surface area contributed by atoms with Crippen LogP contribution in [0.1, 0.15) is 12.8 Å². The number of hydrogen-bond acceptors (Lipinski definition) is 3. The number of nitrogens with two attached hydrogens (primary N) is 1. The highest BCUT2D eigenvalue weighted by Crippen LogP contribution is 2.56. The van der Waals surface area contributed by atoms with Gasteiger partial charge in [-0.3, -0.25) is 9.59 Å². The number of carbonyl (C=O) groups is 2. The molecule has 0 aromatic rings. The minimum absolute atomic E-state index is 0.146. The second kappa shape index (κ2) is 2.72. The van der Waals surface area contributed by atoms with Gasteiger partial charge in [0, 0.05) is 13.1 Å². The Morgan fingerprint density at radius 1 is 1.47 bits per heavy atom. The number of nitrogens with one attached hydrogen (secondary N) is 1. The molecule has 5 nitrogen and oxygen atoms in total. The summed E-state index contributed by atoms with van der Waals surface area (Å²) >= 11 is 0. The normalized spacial score (nSPS) is 42.0. The minimum atomic E-state index is -0.367. The van der Waals surface area contributed by atoms with Crippen LogP contribution in [-0.4, -0.2) is 42.4 Å². The average Bonchev–Trinajstić information content (AvgIpc) is 2.67. The first-order chi connectivity index (χ1) is 7.15. The van der Waals surface area contributed by atoms with Gasteiger partial charge >= 0.3 is 0 Å². The fourth-order valence-corrected chi connectivity index (χ4v) is 2.88. The molecule has 82 valence electrons. The van der Waals surface area contributed by atoms with Crippen LogP contribution in [-0.2, 0) is 9.59 Å². The Hall–Kier alpha value is -1.10. The molecule has 5 heteroatoms. The fourth-order valence-electron chi connectivity index (χ4n) is 2.88. The quantitative estimate of drug-likeness (QED) is 0.592. The summed E-state index contributed by atoms with van der Waals surface area (Å²) in [5.74, 6) is 0.279. The van der Waals surface area contributed by atoms with E-state index in [0.29, 0.717) is 12.5 Å². The van der Waals surface area contributed by atoms with Gasteiger partial charge in [-0.15, -0.1) is 0 Å². The second-order valence-electron chi connectivity index (χ2n) is 4.89. The van der Waals surface area contributed by atoms with Crippen LogP contribution in [0.3, 0.4) is 0 Å². The lowest BCUT2D eigenvalue weighted by atomic mass is 9.96. The molecule has 2 amide bonds.